The maximum absolute atomic E-state index is 12.6. The van der Waals surface area contributed by atoms with Gasteiger partial charge in [0.2, 0.25) is 5.91 Å². The predicted molar refractivity (Wildman–Crippen MR) is 80.1 cm³/mol. The van der Waals surface area contributed by atoms with Crippen LogP contribution in [0.1, 0.15) is 11.4 Å². The molecule has 0 fully saturated rings. The van der Waals surface area contributed by atoms with E-state index in [2.05, 4.69) is 10.3 Å². The van der Waals surface area contributed by atoms with Crippen LogP contribution in [-0.4, -0.2) is 28.6 Å². The summed E-state index contributed by atoms with van der Waals surface area (Å²) in [7, 11) is 0. The fraction of sp³-hybridized carbons (Fsp3) is 0.333. The van der Waals surface area contributed by atoms with E-state index >= 15 is 0 Å². The Kier molecular flexibility index (Phi) is 5.80. The van der Waals surface area contributed by atoms with E-state index in [1.165, 1.54) is 12.1 Å². The molecule has 6 nitrogen and oxygen atoms in total. The van der Waals surface area contributed by atoms with Gasteiger partial charge in [-0.3, -0.25) is 4.79 Å². The van der Waals surface area contributed by atoms with Crippen LogP contribution in [0.2, 0.25) is 0 Å². The Morgan fingerprint density at radius 3 is 2.88 bits per heavy atom. The van der Waals surface area contributed by atoms with Crippen molar-refractivity contribution in [2.45, 2.75) is 19.3 Å². The minimum absolute atomic E-state index is 0.0563. The number of amides is 1. The Bertz CT molecular complexity index is 685. The Morgan fingerprint density at radius 1 is 1.38 bits per heavy atom. The zero-order valence-electron chi connectivity index (χ0n) is 12.7. The zero-order valence-corrected chi connectivity index (χ0v) is 12.7. The zero-order chi connectivity index (χ0) is 17.6. The Morgan fingerprint density at radius 2 is 2.17 bits per heavy atom. The molecule has 0 bridgehead atoms. The summed E-state index contributed by atoms with van der Waals surface area (Å²) in [5, 5.41) is 2.61. The molecule has 1 heterocycles. The standard InChI is InChI=1S/C15H17F3N4O2/c16-15(17,18)11-2-1-3-12(8-11)24-7-5-21-14(23)10-22-6-4-20-13(22)9-19/h1-4,6,8H,5,7,9-10,19H2,(H,21,23). The minimum atomic E-state index is -4.42. The SMILES string of the molecule is NCc1nccn1CC(=O)NCCOc1cccc(C(F)(F)F)c1. The number of carbonyl (C=O) groups excluding carboxylic acids is 1. The summed E-state index contributed by atoms with van der Waals surface area (Å²) in [6.45, 7) is 0.511. The molecule has 0 saturated carbocycles. The third-order valence-corrected chi connectivity index (χ3v) is 3.15. The average Bonchev–Trinajstić information content (AvgIpc) is 2.98. The van der Waals surface area contributed by atoms with Gasteiger partial charge in [0.05, 0.1) is 18.7 Å². The number of ether oxygens (including phenoxy) is 1. The molecular weight excluding hydrogens is 325 g/mol. The summed E-state index contributed by atoms with van der Waals surface area (Å²) in [5.41, 5.74) is 4.71. The molecule has 1 aromatic carbocycles. The molecule has 9 heteroatoms. The first-order valence-corrected chi connectivity index (χ1v) is 7.17. The van der Waals surface area contributed by atoms with Gasteiger partial charge in [-0.05, 0) is 18.2 Å². The first-order chi connectivity index (χ1) is 11.4. The molecule has 0 spiro atoms. The second-order valence-corrected chi connectivity index (χ2v) is 4.90. The summed E-state index contributed by atoms with van der Waals surface area (Å²) >= 11 is 0. The number of imidazole rings is 1. The van der Waals surface area contributed by atoms with Crippen LogP contribution in [-0.2, 0) is 24.1 Å². The highest BCUT2D eigenvalue weighted by Crippen LogP contribution is 2.31. The van der Waals surface area contributed by atoms with Crippen LogP contribution in [0.25, 0.3) is 0 Å². The number of halogens is 3. The van der Waals surface area contributed by atoms with Gasteiger partial charge in [-0.1, -0.05) is 6.07 Å². The molecule has 3 N–H and O–H groups in total. The van der Waals surface area contributed by atoms with E-state index in [0.717, 1.165) is 12.1 Å². The van der Waals surface area contributed by atoms with Crippen LogP contribution in [0.5, 0.6) is 5.75 Å². The van der Waals surface area contributed by atoms with Crippen molar-refractivity contribution < 1.29 is 22.7 Å². The molecule has 24 heavy (non-hydrogen) atoms. The lowest BCUT2D eigenvalue weighted by atomic mass is 10.2. The highest BCUT2D eigenvalue weighted by atomic mass is 19.4. The van der Waals surface area contributed by atoms with E-state index in [1.54, 1.807) is 17.0 Å². The molecule has 130 valence electrons. The number of carbonyl (C=O) groups is 1. The third-order valence-electron chi connectivity index (χ3n) is 3.15. The number of alkyl halides is 3. The summed E-state index contributed by atoms with van der Waals surface area (Å²) in [5.74, 6) is 0.416. The second-order valence-electron chi connectivity index (χ2n) is 4.90. The van der Waals surface area contributed by atoms with Crippen LogP contribution in [0.3, 0.4) is 0 Å². The highest BCUT2D eigenvalue weighted by molar-refractivity contribution is 5.75. The monoisotopic (exact) mass is 342 g/mol. The van der Waals surface area contributed by atoms with Crippen LogP contribution in [0, 0.1) is 0 Å². The van der Waals surface area contributed by atoms with Gasteiger partial charge in [-0.2, -0.15) is 13.2 Å². The number of nitrogens with zero attached hydrogens (tertiary/aromatic N) is 2. The summed E-state index contributed by atoms with van der Waals surface area (Å²) in [6, 6.07) is 4.58. The maximum Gasteiger partial charge on any atom is 0.416 e. The summed E-state index contributed by atoms with van der Waals surface area (Å²) in [6.07, 6.45) is -1.23. The van der Waals surface area contributed by atoms with Gasteiger partial charge >= 0.3 is 6.18 Å². The number of rotatable bonds is 7. The van der Waals surface area contributed by atoms with E-state index < -0.39 is 11.7 Å². The Hall–Kier alpha value is -2.55. The van der Waals surface area contributed by atoms with Crippen molar-refractivity contribution in [3.63, 3.8) is 0 Å². The van der Waals surface area contributed by atoms with E-state index in [0.29, 0.717) is 5.82 Å². The molecule has 2 rings (SSSR count). The Balaban J connectivity index is 1.76. The van der Waals surface area contributed by atoms with Crippen molar-refractivity contribution in [2.24, 2.45) is 5.73 Å². The molecule has 0 saturated heterocycles. The van der Waals surface area contributed by atoms with E-state index in [1.807, 2.05) is 0 Å². The maximum atomic E-state index is 12.6. The molecule has 0 aliphatic rings. The number of nitrogens with one attached hydrogen (secondary N) is 1. The molecule has 0 aliphatic carbocycles. The number of nitrogens with two attached hydrogens (primary N) is 1. The van der Waals surface area contributed by atoms with Gasteiger partial charge in [0, 0.05) is 12.4 Å². The van der Waals surface area contributed by atoms with Crippen LogP contribution < -0.4 is 15.8 Å². The number of aromatic nitrogens is 2. The van der Waals surface area contributed by atoms with Gasteiger partial charge in [0.25, 0.3) is 0 Å². The van der Waals surface area contributed by atoms with Crippen LogP contribution in [0.4, 0.5) is 13.2 Å². The molecule has 0 atom stereocenters. The predicted octanol–water partition coefficient (Wildman–Crippen LogP) is 1.56. The van der Waals surface area contributed by atoms with E-state index in [9.17, 15) is 18.0 Å². The molecule has 0 unspecified atom stereocenters. The van der Waals surface area contributed by atoms with E-state index in [4.69, 9.17) is 10.5 Å². The average molecular weight is 342 g/mol. The lowest BCUT2D eigenvalue weighted by molar-refractivity contribution is -0.137. The number of hydrogen-bond donors (Lipinski definition) is 2. The molecule has 1 aromatic heterocycles. The first kappa shape index (κ1) is 17.8. The fourth-order valence-corrected chi connectivity index (χ4v) is 2.01. The Labute approximate surface area is 136 Å². The lowest BCUT2D eigenvalue weighted by Crippen LogP contribution is -2.31. The second kappa shape index (κ2) is 7.82. The third kappa shape index (κ3) is 4.98. The quantitative estimate of drug-likeness (QED) is 0.748. The molecule has 0 radical (unpaired) electrons. The topological polar surface area (TPSA) is 82.2 Å². The van der Waals surface area contributed by atoms with Gasteiger partial charge < -0.3 is 20.4 Å². The van der Waals surface area contributed by atoms with Gasteiger partial charge in [0.1, 0.15) is 24.7 Å². The van der Waals surface area contributed by atoms with Crippen molar-refractivity contribution in [3.8, 4) is 5.75 Å². The molecule has 0 aliphatic heterocycles. The fourth-order valence-electron chi connectivity index (χ4n) is 2.01. The van der Waals surface area contributed by atoms with Gasteiger partial charge in [0.15, 0.2) is 0 Å². The normalized spacial score (nSPS) is 11.3. The van der Waals surface area contributed by atoms with Gasteiger partial charge in [-0.15, -0.1) is 0 Å². The van der Waals surface area contributed by atoms with Crippen molar-refractivity contribution in [2.75, 3.05) is 13.2 Å². The smallest absolute Gasteiger partial charge is 0.416 e. The molecule has 1 amide bonds. The van der Waals surface area contributed by atoms with Crippen molar-refractivity contribution >= 4 is 5.91 Å². The van der Waals surface area contributed by atoms with E-state index in [-0.39, 0.29) is 37.9 Å². The minimum Gasteiger partial charge on any atom is -0.492 e. The number of benzene rings is 1. The largest absolute Gasteiger partial charge is 0.492 e. The van der Waals surface area contributed by atoms with Crippen LogP contribution in [0.15, 0.2) is 36.7 Å². The first-order valence-electron chi connectivity index (χ1n) is 7.17. The van der Waals surface area contributed by atoms with Crippen LogP contribution >= 0.6 is 0 Å². The van der Waals surface area contributed by atoms with Crippen molar-refractivity contribution in [1.82, 2.24) is 14.9 Å². The highest BCUT2D eigenvalue weighted by Gasteiger charge is 2.30. The number of hydrogen-bond acceptors (Lipinski definition) is 4. The molecule has 2 aromatic rings. The summed E-state index contributed by atoms with van der Waals surface area (Å²) in [4.78, 5) is 15.8. The summed E-state index contributed by atoms with van der Waals surface area (Å²) < 4.78 is 44.6. The lowest BCUT2D eigenvalue weighted by Gasteiger charge is -2.11. The molecular formula is C15H17F3N4O2. The van der Waals surface area contributed by atoms with Crippen molar-refractivity contribution in [1.29, 1.82) is 0 Å². The van der Waals surface area contributed by atoms with Gasteiger partial charge in [-0.25, -0.2) is 4.98 Å². The van der Waals surface area contributed by atoms with Crippen molar-refractivity contribution in [3.05, 3.63) is 48.0 Å².